The third kappa shape index (κ3) is 2.83. The van der Waals surface area contributed by atoms with Gasteiger partial charge in [0.15, 0.2) is 11.6 Å². The second-order valence-electron chi connectivity index (χ2n) is 9.14. The Kier molecular flexibility index (Phi) is 4.21. The van der Waals surface area contributed by atoms with E-state index in [9.17, 15) is 18.4 Å². The van der Waals surface area contributed by atoms with Gasteiger partial charge in [-0.25, -0.2) is 8.78 Å². The molecule has 0 aromatic heterocycles. The quantitative estimate of drug-likeness (QED) is 0.845. The van der Waals surface area contributed by atoms with E-state index in [0.29, 0.717) is 36.9 Å². The summed E-state index contributed by atoms with van der Waals surface area (Å²) in [5.74, 6) is -0.610. The van der Waals surface area contributed by atoms with Crippen LogP contribution in [0.25, 0.3) is 0 Å². The van der Waals surface area contributed by atoms with E-state index in [0.717, 1.165) is 31.7 Å². The first-order chi connectivity index (χ1) is 13.5. The van der Waals surface area contributed by atoms with E-state index in [-0.39, 0.29) is 23.7 Å². The first kappa shape index (κ1) is 18.1. The molecule has 1 aromatic carbocycles. The lowest BCUT2D eigenvalue weighted by Gasteiger charge is -2.39. The summed E-state index contributed by atoms with van der Waals surface area (Å²) in [4.78, 5) is 27.3. The Balaban J connectivity index is 1.43. The summed E-state index contributed by atoms with van der Waals surface area (Å²) in [6.45, 7) is 0.928. The molecule has 0 radical (unpaired) electrons. The largest absolute Gasteiger partial charge is 0.348 e. The molecule has 0 unspecified atom stereocenters. The van der Waals surface area contributed by atoms with Crippen molar-refractivity contribution in [1.29, 1.82) is 0 Å². The van der Waals surface area contributed by atoms with Crippen molar-refractivity contribution >= 4 is 11.8 Å². The molecule has 4 nitrogen and oxygen atoms in total. The summed E-state index contributed by atoms with van der Waals surface area (Å²) in [6, 6.07) is 3.97. The van der Waals surface area contributed by atoms with Crippen LogP contribution < -0.4 is 5.32 Å². The van der Waals surface area contributed by atoms with Crippen LogP contribution in [0.5, 0.6) is 0 Å². The summed E-state index contributed by atoms with van der Waals surface area (Å²) in [5.41, 5.74) is 0.0830. The van der Waals surface area contributed by atoms with Crippen molar-refractivity contribution < 1.29 is 18.4 Å². The number of nitrogens with one attached hydrogen (secondary N) is 1. The zero-order valence-electron chi connectivity index (χ0n) is 15.9. The zero-order chi connectivity index (χ0) is 19.5. The average Bonchev–Trinajstić information content (AvgIpc) is 3.31. The number of halogens is 2. The second-order valence-corrected chi connectivity index (χ2v) is 9.14. The number of hydrogen-bond acceptors (Lipinski definition) is 2. The minimum atomic E-state index is -0.882. The van der Waals surface area contributed by atoms with E-state index >= 15 is 0 Å². The number of hydrogen-bond donors (Lipinski definition) is 1. The van der Waals surface area contributed by atoms with Crippen molar-refractivity contribution in [3.63, 3.8) is 0 Å². The van der Waals surface area contributed by atoms with Gasteiger partial charge in [-0.2, -0.15) is 0 Å². The first-order valence-electron chi connectivity index (χ1n) is 10.5. The number of fused-ring (bicyclic) bond motifs is 1. The van der Waals surface area contributed by atoms with E-state index in [1.54, 1.807) is 6.07 Å². The number of carbonyl (C=O) groups excluding carboxylic acids is 2. The number of piperidine rings is 1. The minimum Gasteiger partial charge on any atom is -0.348 e. The van der Waals surface area contributed by atoms with Gasteiger partial charge in [0.05, 0.1) is 5.54 Å². The van der Waals surface area contributed by atoms with Crippen molar-refractivity contribution in [2.75, 3.05) is 13.1 Å². The molecule has 2 saturated heterocycles. The van der Waals surface area contributed by atoms with Gasteiger partial charge in [-0.1, -0.05) is 18.9 Å². The molecule has 0 bridgehead atoms. The summed E-state index contributed by atoms with van der Waals surface area (Å²) in [6.07, 6.45) is 6.69. The molecule has 4 aliphatic rings. The number of benzene rings is 1. The van der Waals surface area contributed by atoms with Crippen molar-refractivity contribution in [2.24, 2.45) is 17.8 Å². The van der Waals surface area contributed by atoms with Gasteiger partial charge in [-0.05, 0) is 55.2 Å². The fourth-order valence-electron chi connectivity index (χ4n) is 6.15. The molecular weight excluding hydrogens is 362 g/mol. The van der Waals surface area contributed by atoms with Gasteiger partial charge in [0.2, 0.25) is 11.8 Å². The second kappa shape index (κ2) is 6.53. The van der Waals surface area contributed by atoms with Crippen molar-refractivity contribution in [3.8, 4) is 0 Å². The number of likely N-dealkylation sites (tertiary alicyclic amines) is 1. The smallest absolute Gasteiger partial charge is 0.226 e. The van der Waals surface area contributed by atoms with Crippen LogP contribution in [0.15, 0.2) is 18.2 Å². The van der Waals surface area contributed by atoms with Gasteiger partial charge < -0.3 is 10.2 Å². The maximum absolute atomic E-state index is 13.9. The highest BCUT2D eigenvalue weighted by Crippen LogP contribution is 2.57. The number of amides is 2. The Morgan fingerprint density at radius 1 is 1.11 bits per heavy atom. The van der Waals surface area contributed by atoms with Crippen LogP contribution in [0, 0.1) is 29.4 Å². The molecule has 1 aromatic rings. The van der Waals surface area contributed by atoms with Crippen LogP contribution in [0.4, 0.5) is 8.78 Å². The number of rotatable bonds is 2. The summed E-state index contributed by atoms with van der Waals surface area (Å²) >= 11 is 0. The van der Waals surface area contributed by atoms with E-state index in [1.807, 2.05) is 4.90 Å². The van der Waals surface area contributed by atoms with Crippen LogP contribution in [-0.2, 0) is 9.59 Å². The fraction of sp³-hybridized carbons (Fsp3) is 0.636. The predicted molar refractivity (Wildman–Crippen MR) is 99.3 cm³/mol. The normalized spacial score (nSPS) is 36.9. The summed E-state index contributed by atoms with van der Waals surface area (Å²) < 4.78 is 27.4. The Labute approximate surface area is 163 Å². The van der Waals surface area contributed by atoms with E-state index in [4.69, 9.17) is 0 Å². The molecule has 6 heteroatoms. The van der Waals surface area contributed by atoms with Crippen LogP contribution in [-0.4, -0.2) is 35.3 Å². The van der Waals surface area contributed by atoms with Crippen molar-refractivity contribution in [3.05, 3.63) is 35.4 Å². The highest BCUT2D eigenvalue weighted by molar-refractivity contribution is 5.84. The number of carbonyl (C=O) groups is 2. The van der Waals surface area contributed by atoms with Gasteiger partial charge in [0.25, 0.3) is 0 Å². The predicted octanol–water partition coefficient (Wildman–Crippen LogP) is 3.37. The molecular formula is C22H26F2N2O2. The number of nitrogens with zero attached hydrogens (tertiary/aromatic N) is 1. The molecule has 2 heterocycles. The van der Waals surface area contributed by atoms with Crippen LogP contribution >= 0.6 is 0 Å². The highest BCUT2D eigenvalue weighted by Gasteiger charge is 2.59. The lowest BCUT2D eigenvalue weighted by Crippen LogP contribution is -2.56. The molecule has 1 N–H and O–H groups in total. The standard InChI is InChI=1S/C22H26F2N2O2/c23-17-8-7-13(10-18(17)24)16-11-26(12-22(16)9-3-6-19(27)25-22)21(28)20-14-4-1-2-5-15(14)20/h7-8,10,14-16,20H,1-6,9,11-12H2,(H,25,27)/t14-,15-,16-,22+/m0/s1. The first-order valence-corrected chi connectivity index (χ1v) is 10.5. The van der Waals surface area contributed by atoms with Gasteiger partial charge in [0, 0.05) is 31.3 Å². The van der Waals surface area contributed by atoms with Gasteiger partial charge in [-0.15, -0.1) is 0 Å². The maximum Gasteiger partial charge on any atom is 0.226 e. The summed E-state index contributed by atoms with van der Waals surface area (Å²) in [7, 11) is 0. The van der Waals surface area contributed by atoms with Gasteiger partial charge in [-0.3, -0.25) is 9.59 Å². The average molecular weight is 388 g/mol. The van der Waals surface area contributed by atoms with E-state index in [2.05, 4.69) is 5.32 Å². The molecule has 2 amide bonds. The van der Waals surface area contributed by atoms with E-state index in [1.165, 1.54) is 18.9 Å². The Morgan fingerprint density at radius 2 is 1.86 bits per heavy atom. The van der Waals surface area contributed by atoms with Crippen LogP contribution in [0.2, 0.25) is 0 Å². The van der Waals surface area contributed by atoms with Crippen molar-refractivity contribution in [1.82, 2.24) is 10.2 Å². The Morgan fingerprint density at radius 3 is 2.54 bits per heavy atom. The highest BCUT2D eigenvalue weighted by atomic mass is 19.2. The monoisotopic (exact) mass is 388 g/mol. The molecule has 2 aliphatic heterocycles. The van der Waals surface area contributed by atoms with Crippen LogP contribution in [0.1, 0.15) is 56.4 Å². The molecule has 150 valence electrons. The Bertz CT molecular complexity index is 817. The Hall–Kier alpha value is -1.98. The third-order valence-corrected chi connectivity index (χ3v) is 7.56. The molecule has 2 saturated carbocycles. The minimum absolute atomic E-state index is 0.0202. The van der Waals surface area contributed by atoms with Crippen molar-refractivity contribution in [2.45, 2.75) is 56.4 Å². The van der Waals surface area contributed by atoms with Gasteiger partial charge in [0.1, 0.15) is 0 Å². The third-order valence-electron chi connectivity index (χ3n) is 7.56. The van der Waals surface area contributed by atoms with E-state index < -0.39 is 17.2 Å². The molecule has 5 rings (SSSR count). The molecule has 2 aliphatic carbocycles. The SMILES string of the molecule is O=C1CCC[C@]2(CN(C(=O)C3[C@H]4CCCC[C@H]34)C[C@H]2c2ccc(F)c(F)c2)N1. The molecule has 28 heavy (non-hydrogen) atoms. The lowest BCUT2D eigenvalue weighted by molar-refractivity contribution is -0.133. The molecule has 4 fully saturated rings. The van der Waals surface area contributed by atoms with Crippen LogP contribution in [0.3, 0.4) is 0 Å². The zero-order valence-corrected chi connectivity index (χ0v) is 15.9. The lowest BCUT2D eigenvalue weighted by atomic mass is 9.76. The maximum atomic E-state index is 13.9. The fourth-order valence-corrected chi connectivity index (χ4v) is 6.15. The van der Waals surface area contributed by atoms with Gasteiger partial charge >= 0.3 is 0 Å². The topological polar surface area (TPSA) is 49.4 Å². The molecule has 4 atom stereocenters. The molecule has 1 spiro atoms. The summed E-state index contributed by atoms with van der Waals surface area (Å²) in [5, 5.41) is 3.13.